The molecule has 5 nitrogen and oxygen atoms in total. The van der Waals surface area contributed by atoms with Gasteiger partial charge in [0, 0.05) is 11.3 Å². The van der Waals surface area contributed by atoms with E-state index in [9.17, 15) is 27.9 Å². The van der Waals surface area contributed by atoms with E-state index in [-0.39, 0.29) is 17.0 Å². The molecule has 1 amide bonds. The van der Waals surface area contributed by atoms with Crippen molar-refractivity contribution in [1.82, 2.24) is 0 Å². The third-order valence-corrected chi connectivity index (χ3v) is 6.58. The molecule has 36 heavy (non-hydrogen) atoms. The van der Waals surface area contributed by atoms with Gasteiger partial charge in [-0.1, -0.05) is 24.3 Å². The van der Waals surface area contributed by atoms with Gasteiger partial charge in [-0.25, -0.2) is 0 Å². The van der Waals surface area contributed by atoms with Crippen LogP contribution in [0.15, 0.2) is 72.3 Å². The first-order valence-electron chi connectivity index (χ1n) is 11.5. The maximum absolute atomic E-state index is 13.3. The van der Waals surface area contributed by atoms with E-state index in [1.165, 1.54) is 0 Å². The molecule has 2 aliphatic heterocycles. The molecule has 1 saturated heterocycles. The predicted molar refractivity (Wildman–Crippen MR) is 128 cm³/mol. The van der Waals surface area contributed by atoms with Gasteiger partial charge in [0.25, 0.3) is 11.7 Å². The van der Waals surface area contributed by atoms with Crippen LogP contribution in [0, 0.1) is 6.92 Å². The zero-order valence-corrected chi connectivity index (χ0v) is 19.3. The fourth-order valence-corrected chi connectivity index (χ4v) is 4.76. The smallest absolute Gasteiger partial charge is 0.416 e. The quantitative estimate of drug-likeness (QED) is 0.278. The number of hydrogen-bond acceptors (Lipinski definition) is 4. The number of Topliss-reactive ketones (excluding diaryl/α,β-unsaturated/α-hetero) is 1. The number of carbonyl (C=O) groups excluding carboxylic acids is 2. The number of aryl methyl sites for hydroxylation is 2. The van der Waals surface area contributed by atoms with Crippen molar-refractivity contribution in [2.45, 2.75) is 32.0 Å². The zero-order valence-electron chi connectivity index (χ0n) is 19.3. The van der Waals surface area contributed by atoms with Crippen LogP contribution in [-0.4, -0.2) is 23.4 Å². The van der Waals surface area contributed by atoms with E-state index in [1.807, 2.05) is 0 Å². The Balaban J connectivity index is 1.68. The molecular weight excluding hydrogens is 471 g/mol. The third-order valence-electron chi connectivity index (χ3n) is 6.58. The molecule has 8 heteroatoms. The van der Waals surface area contributed by atoms with Crippen LogP contribution in [0.3, 0.4) is 0 Å². The Morgan fingerprint density at radius 3 is 2.44 bits per heavy atom. The molecule has 1 atom stereocenters. The molecule has 1 N–H and O–H groups in total. The van der Waals surface area contributed by atoms with Crippen LogP contribution >= 0.6 is 0 Å². The molecule has 0 bridgehead atoms. The molecule has 0 aliphatic carbocycles. The molecule has 1 fully saturated rings. The second-order valence-corrected chi connectivity index (χ2v) is 8.84. The van der Waals surface area contributed by atoms with Gasteiger partial charge in [-0.15, -0.1) is 0 Å². The number of hydrogen-bond donors (Lipinski definition) is 1. The molecule has 184 valence electrons. The van der Waals surface area contributed by atoms with Crippen molar-refractivity contribution >= 4 is 23.1 Å². The Morgan fingerprint density at radius 2 is 1.75 bits per heavy atom. The first-order valence-corrected chi connectivity index (χ1v) is 11.5. The number of rotatable bonds is 3. The van der Waals surface area contributed by atoms with Gasteiger partial charge >= 0.3 is 6.18 Å². The summed E-state index contributed by atoms with van der Waals surface area (Å²) in [6.07, 6.45) is -2.98. The average Bonchev–Trinajstić information content (AvgIpc) is 3.13. The first kappa shape index (κ1) is 23.7. The van der Waals surface area contributed by atoms with Crippen molar-refractivity contribution < 1.29 is 32.6 Å². The van der Waals surface area contributed by atoms with Crippen LogP contribution in [-0.2, 0) is 22.2 Å². The van der Waals surface area contributed by atoms with Crippen molar-refractivity contribution in [3.8, 4) is 5.75 Å². The average molecular weight is 493 g/mol. The van der Waals surface area contributed by atoms with Gasteiger partial charge in [0.1, 0.15) is 11.5 Å². The van der Waals surface area contributed by atoms with Crippen LogP contribution in [0.1, 0.15) is 40.3 Å². The van der Waals surface area contributed by atoms with Crippen LogP contribution in [0.2, 0.25) is 0 Å². The van der Waals surface area contributed by atoms with E-state index >= 15 is 0 Å². The Morgan fingerprint density at radius 1 is 1.03 bits per heavy atom. The summed E-state index contributed by atoms with van der Waals surface area (Å²) < 4.78 is 45.0. The lowest BCUT2D eigenvalue weighted by molar-refractivity contribution is -0.137. The minimum absolute atomic E-state index is 0.120. The monoisotopic (exact) mass is 493 g/mol. The van der Waals surface area contributed by atoms with Gasteiger partial charge in [0.05, 0.1) is 23.8 Å². The Kier molecular flexibility index (Phi) is 5.82. The van der Waals surface area contributed by atoms with Crippen molar-refractivity contribution in [1.29, 1.82) is 0 Å². The molecule has 3 aromatic carbocycles. The third kappa shape index (κ3) is 4.02. The molecule has 0 radical (unpaired) electrons. The summed E-state index contributed by atoms with van der Waals surface area (Å²) in [5.74, 6) is -1.47. The minimum Gasteiger partial charge on any atom is -0.507 e. The summed E-state index contributed by atoms with van der Waals surface area (Å²) in [5, 5.41) is 11.3. The van der Waals surface area contributed by atoms with Crippen molar-refractivity contribution in [2.24, 2.45) is 0 Å². The van der Waals surface area contributed by atoms with Gasteiger partial charge in [0.2, 0.25) is 0 Å². The summed E-state index contributed by atoms with van der Waals surface area (Å²) in [6, 6.07) is 15.2. The maximum atomic E-state index is 13.3. The van der Waals surface area contributed by atoms with Gasteiger partial charge in [-0.3, -0.25) is 14.5 Å². The van der Waals surface area contributed by atoms with E-state index in [4.69, 9.17) is 4.74 Å². The van der Waals surface area contributed by atoms with Crippen molar-refractivity contribution in [2.75, 3.05) is 11.5 Å². The minimum atomic E-state index is -4.54. The highest BCUT2D eigenvalue weighted by atomic mass is 19.4. The number of anilines is 1. The molecular formula is C28H22F3NO4. The van der Waals surface area contributed by atoms with E-state index < -0.39 is 29.5 Å². The van der Waals surface area contributed by atoms with Gasteiger partial charge in [-0.05, 0) is 78.9 Å². The summed E-state index contributed by atoms with van der Waals surface area (Å²) >= 11 is 0. The number of carbonyl (C=O) groups is 2. The van der Waals surface area contributed by atoms with Crippen molar-refractivity contribution in [3.63, 3.8) is 0 Å². The number of aliphatic hydroxyl groups is 1. The fourth-order valence-electron chi connectivity index (χ4n) is 4.76. The summed E-state index contributed by atoms with van der Waals surface area (Å²) in [4.78, 5) is 27.7. The molecule has 2 heterocycles. The second kappa shape index (κ2) is 8.86. The number of nitrogens with zero attached hydrogens (tertiary/aromatic N) is 1. The molecule has 2 aliphatic rings. The van der Waals surface area contributed by atoms with Gasteiger partial charge in [0.15, 0.2) is 0 Å². The number of ketones is 1. The normalized spacial score (nSPS) is 19.2. The maximum Gasteiger partial charge on any atom is 0.416 e. The standard InChI is InChI=1S/C28H22F3NO4/c1-16-5-2-3-7-21(16)24-23(25(33)18-8-13-22-17(15-18)6-4-14-36-22)26(34)27(35)32(24)20-11-9-19(10-12-20)28(29,30)31/h2-3,5,7-13,15,24,33H,4,6,14H2,1H3/b25-23+. The second-order valence-electron chi connectivity index (χ2n) is 8.84. The van der Waals surface area contributed by atoms with Crippen LogP contribution < -0.4 is 9.64 Å². The number of halogens is 3. The molecule has 3 aromatic rings. The van der Waals surface area contributed by atoms with Crippen LogP contribution in [0.4, 0.5) is 18.9 Å². The molecule has 5 rings (SSSR count). The lowest BCUT2D eigenvalue weighted by Crippen LogP contribution is -2.29. The highest BCUT2D eigenvalue weighted by molar-refractivity contribution is 6.51. The summed E-state index contributed by atoms with van der Waals surface area (Å²) in [7, 11) is 0. The van der Waals surface area contributed by atoms with Crippen LogP contribution in [0.5, 0.6) is 5.75 Å². The number of fused-ring (bicyclic) bond motifs is 1. The highest BCUT2D eigenvalue weighted by Gasteiger charge is 2.47. The lowest BCUT2D eigenvalue weighted by Gasteiger charge is -2.27. The molecule has 1 unspecified atom stereocenters. The summed E-state index contributed by atoms with van der Waals surface area (Å²) in [6.45, 7) is 2.41. The molecule has 0 spiro atoms. The Labute approximate surface area is 205 Å². The van der Waals surface area contributed by atoms with E-state index in [0.29, 0.717) is 23.5 Å². The number of aliphatic hydroxyl groups excluding tert-OH is 1. The number of amides is 1. The van der Waals surface area contributed by atoms with Crippen LogP contribution in [0.25, 0.3) is 5.76 Å². The van der Waals surface area contributed by atoms with Gasteiger partial charge < -0.3 is 9.84 Å². The first-order chi connectivity index (χ1) is 17.2. The van der Waals surface area contributed by atoms with Crippen molar-refractivity contribution in [3.05, 3.63) is 100 Å². The van der Waals surface area contributed by atoms with E-state index in [1.54, 1.807) is 49.4 Å². The number of ether oxygens (including phenoxy) is 1. The Hall–Kier alpha value is -4.07. The fraction of sp³-hybridized carbons (Fsp3) is 0.214. The number of benzene rings is 3. The number of alkyl halides is 3. The molecule has 0 saturated carbocycles. The van der Waals surface area contributed by atoms with E-state index in [2.05, 4.69) is 0 Å². The topological polar surface area (TPSA) is 66.8 Å². The predicted octanol–water partition coefficient (Wildman–Crippen LogP) is 5.97. The largest absolute Gasteiger partial charge is 0.507 e. The van der Waals surface area contributed by atoms with Gasteiger partial charge in [-0.2, -0.15) is 13.2 Å². The molecule has 0 aromatic heterocycles. The summed E-state index contributed by atoms with van der Waals surface area (Å²) in [5.41, 5.74) is 1.72. The Bertz CT molecular complexity index is 1390. The zero-order chi connectivity index (χ0) is 25.6. The van der Waals surface area contributed by atoms with E-state index in [0.717, 1.165) is 53.1 Å². The SMILES string of the molecule is Cc1ccccc1C1/C(=C(\O)c2ccc3c(c2)CCCO3)C(=O)C(=O)N1c1ccc(C(F)(F)F)cc1. The lowest BCUT2D eigenvalue weighted by atomic mass is 9.91. The highest BCUT2D eigenvalue weighted by Crippen LogP contribution is 2.44.